The Bertz CT molecular complexity index is 458. The molecule has 1 aromatic rings. The molecule has 1 aliphatic heterocycles. The van der Waals surface area contributed by atoms with Gasteiger partial charge in [0.15, 0.2) is 5.72 Å². The zero-order valence-electron chi connectivity index (χ0n) is 9.90. The number of ether oxygens (including phenoxy) is 1. The van der Waals surface area contributed by atoms with E-state index in [9.17, 15) is 5.11 Å². The monoisotopic (exact) mass is 271 g/mol. The van der Waals surface area contributed by atoms with Gasteiger partial charge in [-0.05, 0) is 32.2 Å². The fourth-order valence-corrected chi connectivity index (χ4v) is 2.66. The maximum atomic E-state index is 10.6. The average Bonchev–Trinajstić information content (AvgIpc) is 2.50. The van der Waals surface area contributed by atoms with Crippen molar-refractivity contribution >= 4 is 28.4 Å². The predicted molar refractivity (Wildman–Crippen MR) is 71.5 cm³/mol. The topological polar surface area (TPSA) is 41.8 Å². The van der Waals surface area contributed by atoms with Crippen LogP contribution in [0.1, 0.15) is 19.4 Å². The molecule has 0 aliphatic carbocycles. The fourth-order valence-electron chi connectivity index (χ4n) is 1.79. The quantitative estimate of drug-likeness (QED) is 0.854. The molecule has 0 bridgehead atoms. The van der Waals surface area contributed by atoms with Crippen LogP contribution in [0.5, 0.6) is 0 Å². The molecule has 0 saturated carbocycles. The van der Waals surface area contributed by atoms with E-state index >= 15 is 0 Å². The van der Waals surface area contributed by atoms with Crippen molar-refractivity contribution in [3.05, 3.63) is 34.9 Å². The summed E-state index contributed by atoms with van der Waals surface area (Å²) in [5, 5.41) is 11.8. The number of hydrogen-bond acceptors (Lipinski definition) is 4. The Morgan fingerprint density at radius 1 is 1.29 bits per heavy atom. The Morgan fingerprint density at radius 2 is 1.88 bits per heavy atom. The Labute approximate surface area is 110 Å². The van der Waals surface area contributed by atoms with E-state index in [-0.39, 0.29) is 0 Å². The van der Waals surface area contributed by atoms with Crippen LogP contribution in [0.25, 0.3) is 0 Å². The van der Waals surface area contributed by atoms with Crippen molar-refractivity contribution in [1.29, 1.82) is 0 Å². The molecule has 1 heterocycles. The maximum Gasteiger partial charge on any atom is 0.245 e. The van der Waals surface area contributed by atoms with Crippen molar-refractivity contribution in [2.45, 2.75) is 25.4 Å². The second-order valence-corrected chi connectivity index (χ2v) is 5.55. The van der Waals surface area contributed by atoms with Crippen molar-refractivity contribution in [2.24, 2.45) is 4.99 Å². The molecule has 0 spiro atoms. The molecule has 1 unspecified atom stereocenters. The molecule has 92 valence electrons. The van der Waals surface area contributed by atoms with Gasteiger partial charge in [-0.15, -0.1) is 11.8 Å². The second-order valence-electron chi connectivity index (χ2n) is 4.32. The highest BCUT2D eigenvalue weighted by atomic mass is 35.5. The lowest BCUT2D eigenvalue weighted by Gasteiger charge is -2.26. The summed E-state index contributed by atoms with van der Waals surface area (Å²) in [7, 11) is 0. The van der Waals surface area contributed by atoms with E-state index in [1.807, 2.05) is 20.1 Å². The van der Waals surface area contributed by atoms with Crippen LogP contribution in [0.15, 0.2) is 29.3 Å². The lowest BCUT2D eigenvalue weighted by molar-refractivity contribution is -0.198. The maximum absolute atomic E-state index is 10.6. The normalized spacial score (nSPS) is 27.0. The highest BCUT2D eigenvalue weighted by molar-refractivity contribution is 8.13. The van der Waals surface area contributed by atoms with E-state index in [0.717, 1.165) is 0 Å². The van der Waals surface area contributed by atoms with Gasteiger partial charge in [-0.25, -0.2) is 4.99 Å². The summed E-state index contributed by atoms with van der Waals surface area (Å²) in [6.07, 6.45) is 1.87. The average molecular weight is 272 g/mol. The summed E-state index contributed by atoms with van der Waals surface area (Å²) in [6, 6.07) is 6.94. The van der Waals surface area contributed by atoms with Crippen LogP contribution >= 0.6 is 23.4 Å². The van der Waals surface area contributed by atoms with E-state index in [2.05, 4.69) is 4.99 Å². The van der Waals surface area contributed by atoms with E-state index in [1.165, 1.54) is 11.8 Å². The van der Waals surface area contributed by atoms with Gasteiger partial charge in [0.05, 0.1) is 0 Å². The highest BCUT2D eigenvalue weighted by Gasteiger charge is 2.47. The number of benzene rings is 1. The van der Waals surface area contributed by atoms with E-state index in [4.69, 9.17) is 16.3 Å². The largest absolute Gasteiger partial charge is 0.356 e. The van der Waals surface area contributed by atoms with Crippen LogP contribution in [-0.2, 0) is 10.5 Å². The van der Waals surface area contributed by atoms with Crippen LogP contribution in [0.3, 0.4) is 0 Å². The molecule has 1 atom stereocenters. The Kier molecular flexibility index (Phi) is 3.25. The molecule has 0 saturated heterocycles. The minimum absolute atomic E-state index is 0.560. The van der Waals surface area contributed by atoms with Gasteiger partial charge in [0.1, 0.15) is 5.04 Å². The van der Waals surface area contributed by atoms with Crippen molar-refractivity contribution in [3.63, 3.8) is 0 Å². The summed E-state index contributed by atoms with van der Waals surface area (Å²) in [5.41, 5.74) is -0.0761. The second kappa shape index (κ2) is 4.28. The van der Waals surface area contributed by atoms with E-state index in [1.54, 1.807) is 24.3 Å². The number of halogens is 1. The molecule has 0 fully saturated rings. The third kappa shape index (κ3) is 2.36. The number of hydrogen-bond donors (Lipinski definition) is 1. The van der Waals surface area contributed by atoms with Crippen molar-refractivity contribution in [3.8, 4) is 0 Å². The van der Waals surface area contributed by atoms with Gasteiger partial charge in [0.2, 0.25) is 5.79 Å². The van der Waals surface area contributed by atoms with Crippen LogP contribution in [-0.4, -0.2) is 22.1 Å². The molecule has 5 heteroatoms. The van der Waals surface area contributed by atoms with Gasteiger partial charge in [0.25, 0.3) is 0 Å². The van der Waals surface area contributed by atoms with Crippen LogP contribution < -0.4 is 0 Å². The molecular formula is C12H14ClNO2S. The lowest BCUT2D eigenvalue weighted by Crippen LogP contribution is -2.35. The summed E-state index contributed by atoms with van der Waals surface area (Å²) in [5.74, 6) is -1.46. The zero-order chi connectivity index (χ0) is 12.7. The van der Waals surface area contributed by atoms with E-state index in [0.29, 0.717) is 15.6 Å². The van der Waals surface area contributed by atoms with Crippen LogP contribution in [0.4, 0.5) is 0 Å². The molecular weight excluding hydrogens is 258 g/mol. The first-order valence-electron chi connectivity index (χ1n) is 5.20. The highest BCUT2D eigenvalue weighted by Crippen LogP contribution is 2.40. The number of aliphatic imine (C=N–C) groups is 1. The van der Waals surface area contributed by atoms with Crippen LogP contribution in [0.2, 0.25) is 5.02 Å². The minimum atomic E-state index is -1.46. The Morgan fingerprint density at radius 3 is 2.41 bits per heavy atom. The van der Waals surface area contributed by atoms with Gasteiger partial charge in [-0.3, -0.25) is 0 Å². The number of aliphatic hydroxyl groups is 1. The minimum Gasteiger partial charge on any atom is -0.356 e. The molecule has 0 amide bonds. The molecule has 1 aliphatic rings. The van der Waals surface area contributed by atoms with Gasteiger partial charge in [0, 0.05) is 10.6 Å². The molecule has 17 heavy (non-hydrogen) atoms. The summed E-state index contributed by atoms with van der Waals surface area (Å²) in [6.45, 7) is 3.63. The first-order chi connectivity index (χ1) is 7.87. The van der Waals surface area contributed by atoms with E-state index < -0.39 is 11.5 Å². The molecule has 1 N–H and O–H groups in total. The SMILES string of the molecule is CSC1=NC(C)(C)OC1(O)c1ccc(Cl)cc1. The van der Waals surface area contributed by atoms with Crippen molar-refractivity contribution < 1.29 is 9.84 Å². The molecule has 2 rings (SSSR count). The number of nitrogens with zero attached hydrogens (tertiary/aromatic N) is 1. The van der Waals surface area contributed by atoms with Crippen LogP contribution in [0, 0.1) is 0 Å². The summed E-state index contributed by atoms with van der Waals surface area (Å²) < 4.78 is 5.65. The fraction of sp³-hybridized carbons (Fsp3) is 0.417. The van der Waals surface area contributed by atoms with Gasteiger partial charge in [-0.2, -0.15) is 0 Å². The Hall–Kier alpha value is -0.550. The van der Waals surface area contributed by atoms with Gasteiger partial charge < -0.3 is 9.84 Å². The molecule has 0 aromatic heterocycles. The third-order valence-electron chi connectivity index (χ3n) is 2.49. The number of rotatable bonds is 1. The summed E-state index contributed by atoms with van der Waals surface area (Å²) in [4.78, 5) is 4.37. The standard InChI is InChI=1S/C12H14ClNO2S/c1-11(2)14-10(17-3)12(15,16-11)8-4-6-9(13)7-5-8/h4-7,15H,1-3H3. The number of thioether (sulfide) groups is 1. The Balaban J connectivity index is 2.43. The molecule has 1 aromatic carbocycles. The smallest absolute Gasteiger partial charge is 0.245 e. The third-order valence-corrected chi connectivity index (χ3v) is 3.49. The first kappa shape index (κ1) is 12.9. The van der Waals surface area contributed by atoms with Gasteiger partial charge in [-0.1, -0.05) is 23.7 Å². The first-order valence-corrected chi connectivity index (χ1v) is 6.80. The summed E-state index contributed by atoms with van der Waals surface area (Å²) >= 11 is 7.21. The lowest BCUT2D eigenvalue weighted by atomic mass is 10.1. The van der Waals surface area contributed by atoms with Gasteiger partial charge >= 0.3 is 0 Å². The van der Waals surface area contributed by atoms with Crippen molar-refractivity contribution in [2.75, 3.05) is 6.26 Å². The molecule has 3 nitrogen and oxygen atoms in total. The molecule has 0 radical (unpaired) electrons. The predicted octanol–water partition coefficient (Wildman–Crippen LogP) is 3.01. The van der Waals surface area contributed by atoms with Crippen molar-refractivity contribution in [1.82, 2.24) is 0 Å². The zero-order valence-corrected chi connectivity index (χ0v) is 11.5.